The smallest absolute Gasteiger partial charge is 0.320 e. The molecule has 19 heavy (non-hydrogen) atoms. The number of hydrogen-bond donors (Lipinski definition) is 2. The monoisotopic (exact) mass is 296 g/mol. The van der Waals surface area contributed by atoms with Crippen molar-refractivity contribution in [3.8, 4) is 0 Å². The van der Waals surface area contributed by atoms with Crippen molar-refractivity contribution < 1.29 is 21.6 Å². The summed E-state index contributed by atoms with van der Waals surface area (Å²) >= 11 is 0. The zero-order chi connectivity index (χ0) is 14.5. The van der Waals surface area contributed by atoms with Crippen LogP contribution >= 0.6 is 0 Å². The summed E-state index contributed by atoms with van der Waals surface area (Å²) in [5.41, 5.74) is -1.44. The van der Waals surface area contributed by atoms with Gasteiger partial charge in [0.1, 0.15) is 0 Å². The van der Waals surface area contributed by atoms with Crippen LogP contribution < -0.4 is 10.0 Å². The minimum Gasteiger partial charge on any atom is -0.320 e. The number of hydrogen-bond acceptors (Lipinski definition) is 3. The Hall–Kier alpha value is -1.28. The molecule has 0 saturated heterocycles. The molecule has 1 aromatic rings. The van der Waals surface area contributed by atoms with E-state index in [4.69, 9.17) is 0 Å². The van der Waals surface area contributed by atoms with Crippen LogP contribution in [0.5, 0.6) is 0 Å². The van der Waals surface area contributed by atoms with Gasteiger partial charge in [0.25, 0.3) is 0 Å². The molecular formula is C11H15F3N2O2S. The highest BCUT2D eigenvalue weighted by molar-refractivity contribution is 7.92. The van der Waals surface area contributed by atoms with E-state index in [0.717, 1.165) is 12.1 Å². The normalized spacial score (nSPS) is 12.4. The molecule has 2 N–H and O–H groups in total. The summed E-state index contributed by atoms with van der Waals surface area (Å²) in [6.45, 7) is 0.474. The lowest BCUT2D eigenvalue weighted by Crippen LogP contribution is -2.22. The third-order valence-electron chi connectivity index (χ3n) is 2.34. The van der Waals surface area contributed by atoms with Crippen molar-refractivity contribution in [2.75, 3.05) is 24.1 Å². The van der Waals surface area contributed by atoms with Crippen molar-refractivity contribution in [1.29, 1.82) is 0 Å². The Morgan fingerprint density at radius 2 is 1.84 bits per heavy atom. The number of nitrogens with one attached hydrogen (secondary N) is 2. The van der Waals surface area contributed by atoms with Gasteiger partial charge in [0.2, 0.25) is 10.0 Å². The second-order valence-electron chi connectivity index (χ2n) is 3.92. The molecule has 8 heteroatoms. The van der Waals surface area contributed by atoms with Crippen molar-refractivity contribution in [2.45, 2.75) is 12.6 Å². The van der Waals surface area contributed by atoms with Gasteiger partial charge in [0.15, 0.2) is 0 Å². The molecule has 0 spiro atoms. The molecule has 1 aromatic carbocycles. The van der Waals surface area contributed by atoms with Gasteiger partial charge in [-0.05, 0) is 32.1 Å². The number of anilines is 1. The molecule has 1 rings (SSSR count). The van der Waals surface area contributed by atoms with E-state index in [0.29, 0.717) is 13.0 Å². The summed E-state index contributed by atoms with van der Waals surface area (Å²) in [5, 5.41) is 2.77. The SMILES string of the molecule is CNCCCS(=O)(=O)Nc1ccccc1C(F)(F)F. The van der Waals surface area contributed by atoms with Crippen LogP contribution in [0.15, 0.2) is 24.3 Å². The summed E-state index contributed by atoms with van der Waals surface area (Å²) in [5.74, 6) is -0.236. The molecule has 0 aromatic heterocycles. The van der Waals surface area contributed by atoms with Crippen LogP contribution in [-0.4, -0.2) is 27.8 Å². The zero-order valence-corrected chi connectivity index (χ0v) is 11.1. The van der Waals surface area contributed by atoms with Crippen molar-refractivity contribution in [3.63, 3.8) is 0 Å². The molecule has 0 unspecified atom stereocenters. The number of alkyl halides is 3. The van der Waals surface area contributed by atoms with Gasteiger partial charge < -0.3 is 5.32 Å². The minimum absolute atomic E-state index is 0.236. The molecular weight excluding hydrogens is 281 g/mol. The van der Waals surface area contributed by atoms with Crippen LogP contribution in [0.3, 0.4) is 0 Å². The van der Waals surface area contributed by atoms with Crippen molar-refractivity contribution in [1.82, 2.24) is 5.32 Å². The number of para-hydroxylation sites is 1. The standard InChI is InChI=1S/C11H15F3N2O2S/c1-15-7-4-8-19(17,18)16-10-6-3-2-5-9(10)11(12,13)14/h2-3,5-6,15-16H,4,7-8H2,1H3. The van der Waals surface area contributed by atoms with Crippen LogP contribution in [-0.2, 0) is 16.2 Å². The summed E-state index contributed by atoms with van der Waals surface area (Å²) in [6, 6.07) is 4.49. The second-order valence-corrected chi connectivity index (χ2v) is 5.76. The highest BCUT2D eigenvalue weighted by Crippen LogP contribution is 2.34. The van der Waals surface area contributed by atoms with E-state index >= 15 is 0 Å². The first-order valence-electron chi connectivity index (χ1n) is 5.57. The van der Waals surface area contributed by atoms with Crippen molar-refractivity contribution in [2.24, 2.45) is 0 Å². The largest absolute Gasteiger partial charge is 0.418 e. The van der Waals surface area contributed by atoms with Gasteiger partial charge in [0.05, 0.1) is 17.0 Å². The molecule has 0 atom stereocenters. The Labute approximate surface area is 110 Å². The van der Waals surface area contributed by atoms with Crippen molar-refractivity contribution in [3.05, 3.63) is 29.8 Å². The highest BCUT2D eigenvalue weighted by atomic mass is 32.2. The Morgan fingerprint density at radius 3 is 2.42 bits per heavy atom. The molecule has 0 radical (unpaired) electrons. The first-order chi connectivity index (χ1) is 8.76. The van der Waals surface area contributed by atoms with Crippen LogP contribution in [0.1, 0.15) is 12.0 Å². The first kappa shape index (κ1) is 15.8. The number of benzene rings is 1. The van der Waals surface area contributed by atoms with Crippen LogP contribution in [0, 0.1) is 0 Å². The predicted octanol–water partition coefficient (Wildman–Crippen LogP) is 2.06. The van der Waals surface area contributed by atoms with E-state index in [1.54, 1.807) is 7.05 Å². The Bertz CT molecular complexity index is 515. The Morgan fingerprint density at radius 1 is 1.21 bits per heavy atom. The molecule has 4 nitrogen and oxygen atoms in total. The quantitative estimate of drug-likeness (QED) is 0.790. The van der Waals surface area contributed by atoms with E-state index in [9.17, 15) is 21.6 Å². The Kier molecular flexibility index (Phi) is 5.19. The summed E-state index contributed by atoms with van der Waals surface area (Å²) in [6.07, 6.45) is -4.27. The zero-order valence-electron chi connectivity index (χ0n) is 10.3. The second kappa shape index (κ2) is 6.25. The van der Waals surface area contributed by atoms with Crippen LogP contribution in [0.2, 0.25) is 0 Å². The van der Waals surface area contributed by atoms with Crippen LogP contribution in [0.4, 0.5) is 18.9 Å². The van der Waals surface area contributed by atoms with Gasteiger partial charge in [-0.1, -0.05) is 12.1 Å². The summed E-state index contributed by atoms with van der Waals surface area (Å²) in [7, 11) is -2.11. The average molecular weight is 296 g/mol. The highest BCUT2D eigenvalue weighted by Gasteiger charge is 2.34. The van der Waals surface area contributed by atoms with Gasteiger partial charge >= 0.3 is 6.18 Å². The maximum Gasteiger partial charge on any atom is 0.418 e. The van der Waals surface area contributed by atoms with E-state index in [2.05, 4.69) is 5.32 Å². The topological polar surface area (TPSA) is 58.2 Å². The third kappa shape index (κ3) is 5.07. The molecule has 0 aliphatic rings. The van der Waals surface area contributed by atoms with Gasteiger partial charge in [-0.3, -0.25) is 4.72 Å². The van der Waals surface area contributed by atoms with Gasteiger partial charge in [-0.15, -0.1) is 0 Å². The fourth-order valence-corrected chi connectivity index (χ4v) is 2.62. The van der Waals surface area contributed by atoms with E-state index in [1.807, 2.05) is 4.72 Å². The van der Waals surface area contributed by atoms with Gasteiger partial charge in [0, 0.05) is 0 Å². The molecule has 0 saturated carbocycles. The van der Waals surface area contributed by atoms with Crippen molar-refractivity contribution >= 4 is 15.7 Å². The average Bonchev–Trinajstić information content (AvgIpc) is 2.27. The molecule has 0 fully saturated rings. The lowest BCUT2D eigenvalue weighted by molar-refractivity contribution is -0.136. The fraction of sp³-hybridized carbons (Fsp3) is 0.455. The van der Waals surface area contributed by atoms with E-state index in [-0.39, 0.29) is 5.75 Å². The van der Waals surface area contributed by atoms with E-state index < -0.39 is 27.5 Å². The summed E-state index contributed by atoms with van der Waals surface area (Å²) < 4.78 is 63.3. The fourth-order valence-electron chi connectivity index (χ4n) is 1.48. The number of rotatable bonds is 6. The number of sulfonamides is 1. The molecule has 0 amide bonds. The lowest BCUT2D eigenvalue weighted by atomic mass is 10.2. The third-order valence-corrected chi connectivity index (χ3v) is 3.69. The number of halogens is 3. The molecule has 0 heterocycles. The van der Waals surface area contributed by atoms with E-state index in [1.165, 1.54) is 12.1 Å². The predicted molar refractivity (Wildman–Crippen MR) is 67.4 cm³/mol. The van der Waals surface area contributed by atoms with Crippen LogP contribution in [0.25, 0.3) is 0 Å². The summed E-state index contributed by atoms with van der Waals surface area (Å²) in [4.78, 5) is 0. The maximum absolute atomic E-state index is 12.7. The maximum atomic E-state index is 12.7. The first-order valence-corrected chi connectivity index (χ1v) is 7.23. The molecule has 0 bridgehead atoms. The van der Waals surface area contributed by atoms with Gasteiger partial charge in [-0.25, -0.2) is 8.42 Å². The molecule has 0 aliphatic carbocycles. The van der Waals surface area contributed by atoms with Gasteiger partial charge in [-0.2, -0.15) is 13.2 Å². The molecule has 108 valence electrons. The minimum atomic E-state index is -4.59. The Balaban J connectivity index is 2.88. The lowest BCUT2D eigenvalue weighted by Gasteiger charge is -2.14. The molecule has 0 aliphatic heterocycles.